The van der Waals surface area contributed by atoms with Crippen molar-refractivity contribution in [3.05, 3.63) is 75.8 Å². The third-order valence-corrected chi connectivity index (χ3v) is 6.12. The average Bonchev–Trinajstić information content (AvgIpc) is 2.75. The summed E-state index contributed by atoms with van der Waals surface area (Å²) in [6.07, 6.45) is -0.544. The van der Waals surface area contributed by atoms with Crippen molar-refractivity contribution in [2.24, 2.45) is 0 Å². The zero-order chi connectivity index (χ0) is 22.1. The van der Waals surface area contributed by atoms with E-state index in [2.05, 4.69) is 0 Å². The Morgan fingerprint density at radius 2 is 1.77 bits per heavy atom. The number of aliphatic hydroxyl groups is 2. The van der Waals surface area contributed by atoms with E-state index in [9.17, 15) is 19.0 Å². The van der Waals surface area contributed by atoms with E-state index in [0.29, 0.717) is 29.0 Å². The molecule has 3 aromatic carbocycles. The lowest BCUT2D eigenvalue weighted by Gasteiger charge is -2.33. The molecule has 0 bridgehead atoms. The second kappa shape index (κ2) is 9.09. The first-order valence-electron chi connectivity index (χ1n) is 10.1. The van der Waals surface area contributed by atoms with Gasteiger partial charge in [0.05, 0.1) is 37.1 Å². The molecule has 2 N–H and O–H groups in total. The first-order chi connectivity index (χ1) is 14.9. The van der Waals surface area contributed by atoms with Crippen molar-refractivity contribution in [3.63, 3.8) is 0 Å². The van der Waals surface area contributed by atoms with Crippen LogP contribution in [0, 0.1) is 11.6 Å². The van der Waals surface area contributed by atoms with Crippen LogP contribution in [0.4, 0.5) is 8.78 Å². The van der Waals surface area contributed by atoms with Gasteiger partial charge >= 0.3 is 0 Å². The van der Waals surface area contributed by atoms with Gasteiger partial charge in [-0.3, -0.25) is 0 Å². The Balaban J connectivity index is 1.79. The smallest absolute Gasteiger partial charge is 0.190 e. The summed E-state index contributed by atoms with van der Waals surface area (Å²) in [4.78, 5) is 0. The van der Waals surface area contributed by atoms with Crippen LogP contribution in [-0.4, -0.2) is 36.1 Å². The maximum absolute atomic E-state index is 14.2. The van der Waals surface area contributed by atoms with Gasteiger partial charge in [-0.15, -0.1) is 0 Å². The monoisotopic (exact) mass is 448 g/mol. The molecule has 1 fully saturated rings. The van der Waals surface area contributed by atoms with Crippen molar-refractivity contribution in [2.75, 3.05) is 13.7 Å². The maximum Gasteiger partial charge on any atom is 0.190 e. The van der Waals surface area contributed by atoms with Gasteiger partial charge in [-0.25, -0.2) is 8.78 Å². The molecular weight excluding hydrogens is 426 g/mol. The molecule has 4 nitrogen and oxygen atoms in total. The van der Waals surface area contributed by atoms with Gasteiger partial charge in [0.2, 0.25) is 0 Å². The number of benzene rings is 3. The number of rotatable bonds is 5. The van der Waals surface area contributed by atoms with Gasteiger partial charge in [0.15, 0.2) is 17.4 Å². The van der Waals surface area contributed by atoms with Crippen LogP contribution >= 0.6 is 11.6 Å². The molecule has 4 rings (SSSR count). The van der Waals surface area contributed by atoms with E-state index < -0.39 is 35.7 Å². The highest BCUT2D eigenvalue weighted by Gasteiger charge is 2.30. The molecule has 3 aromatic rings. The topological polar surface area (TPSA) is 58.9 Å². The molecule has 7 heteroatoms. The van der Waals surface area contributed by atoms with Crippen LogP contribution in [0.25, 0.3) is 10.8 Å². The van der Waals surface area contributed by atoms with E-state index in [0.717, 1.165) is 16.3 Å². The van der Waals surface area contributed by atoms with Crippen LogP contribution in [-0.2, 0) is 11.2 Å². The fourth-order valence-corrected chi connectivity index (χ4v) is 4.55. The number of hydrogen-bond acceptors (Lipinski definition) is 4. The lowest BCUT2D eigenvalue weighted by atomic mass is 9.90. The quantitative estimate of drug-likeness (QED) is 0.580. The summed E-state index contributed by atoms with van der Waals surface area (Å²) in [5.74, 6) is -1.98. The van der Waals surface area contributed by atoms with Crippen LogP contribution in [0.1, 0.15) is 35.6 Å². The maximum atomic E-state index is 14.2. The van der Waals surface area contributed by atoms with E-state index in [-0.39, 0.29) is 13.0 Å². The summed E-state index contributed by atoms with van der Waals surface area (Å²) in [7, 11) is 1.21. The van der Waals surface area contributed by atoms with Crippen LogP contribution in [0.5, 0.6) is 5.75 Å². The van der Waals surface area contributed by atoms with Crippen LogP contribution < -0.4 is 4.74 Å². The van der Waals surface area contributed by atoms with Crippen molar-refractivity contribution in [1.82, 2.24) is 0 Å². The first-order valence-corrected chi connectivity index (χ1v) is 10.4. The highest BCUT2D eigenvalue weighted by Crippen LogP contribution is 2.40. The van der Waals surface area contributed by atoms with Gasteiger partial charge in [-0.2, -0.15) is 0 Å². The minimum Gasteiger partial charge on any atom is -0.491 e. The second-order valence-corrected chi connectivity index (χ2v) is 8.19. The molecule has 0 aliphatic carbocycles. The van der Waals surface area contributed by atoms with Gasteiger partial charge in [-0.05, 0) is 40.6 Å². The molecule has 3 unspecified atom stereocenters. The number of fused-ring (bicyclic) bond motifs is 1. The van der Waals surface area contributed by atoms with Crippen molar-refractivity contribution in [1.29, 1.82) is 0 Å². The first kappa shape index (κ1) is 22.0. The summed E-state index contributed by atoms with van der Waals surface area (Å²) >= 11 is 6.68. The molecule has 3 atom stereocenters. The molecular formula is C24H23ClF2O4. The van der Waals surface area contributed by atoms with Gasteiger partial charge in [0.25, 0.3) is 0 Å². The fourth-order valence-electron chi connectivity index (χ4n) is 4.26. The Morgan fingerprint density at radius 1 is 1.10 bits per heavy atom. The van der Waals surface area contributed by atoms with E-state index in [4.69, 9.17) is 21.1 Å². The van der Waals surface area contributed by atoms with E-state index in [1.54, 1.807) is 0 Å². The largest absolute Gasteiger partial charge is 0.491 e. The molecule has 164 valence electrons. The number of halogens is 3. The Kier molecular flexibility index (Phi) is 6.44. The van der Waals surface area contributed by atoms with Gasteiger partial charge in [0, 0.05) is 18.2 Å². The molecule has 31 heavy (non-hydrogen) atoms. The van der Waals surface area contributed by atoms with E-state index >= 15 is 0 Å². The van der Waals surface area contributed by atoms with Crippen molar-refractivity contribution >= 4 is 22.4 Å². The Bertz CT molecular complexity index is 1080. The summed E-state index contributed by atoms with van der Waals surface area (Å²) < 4.78 is 39.2. The standard InChI is InChI=1S/C24H23ClF2O4/c1-30-24-20(26)7-13(8-21(24)27)6-14-9-19(17-4-2-3-5-18(17)23(14)25)22-11-15(29)10-16(12-28)31-22/h2-5,7-9,15-16,22,28-29H,6,10-12H2,1H3. The second-order valence-electron chi connectivity index (χ2n) is 7.81. The predicted molar refractivity (Wildman–Crippen MR) is 115 cm³/mol. The van der Waals surface area contributed by atoms with Crippen LogP contribution in [0.3, 0.4) is 0 Å². The summed E-state index contributed by atoms with van der Waals surface area (Å²) in [5.41, 5.74) is 1.92. The van der Waals surface area contributed by atoms with Gasteiger partial charge < -0.3 is 19.7 Å². The molecule has 1 saturated heterocycles. The third kappa shape index (κ3) is 4.39. The fraction of sp³-hybridized carbons (Fsp3) is 0.333. The minimum absolute atomic E-state index is 0.184. The molecule has 0 saturated carbocycles. The highest BCUT2D eigenvalue weighted by atomic mass is 35.5. The van der Waals surface area contributed by atoms with Crippen molar-refractivity contribution < 1.29 is 28.5 Å². The molecule has 1 aliphatic heterocycles. The Morgan fingerprint density at radius 3 is 2.42 bits per heavy atom. The van der Waals surface area contributed by atoms with Gasteiger partial charge in [-0.1, -0.05) is 41.9 Å². The number of methoxy groups -OCH3 is 1. The summed E-state index contributed by atoms with van der Waals surface area (Å²) in [6.45, 7) is -0.184. The third-order valence-electron chi connectivity index (χ3n) is 5.67. The SMILES string of the molecule is COc1c(F)cc(Cc2cc(C3CC(O)CC(CO)O3)c3ccccc3c2Cl)cc1F. The van der Waals surface area contributed by atoms with Crippen LogP contribution in [0.15, 0.2) is 42.5 Å². The van der Waals surface area contributed by atoms with Gasteiger partial charge in [0.1, 0.15) is 0 Å². The average molecular weight is 449 g/mol. The Labute approximate surface area is 184 Å². The zero-order valence-corrected chi connectivity index (χ0v) is 17.7. The zero-order valence-electron chi connectivity index (χ0n) is 16.9. The number of aliphatic hydroxyl groups excluding tert-OH is 2. The molecule has 1 heterocycles. The summed E-state index contributed by atoms with van der Waals surface area (Å²) in [6, 6.07) is 11.9. The lowest BCUT2D eigenvalue weighted by molar-refractivity contribution is -0.113. The highest BCUT2D eigenvalue weighted by molar-refractivity contribution is 6.36. The summed E-state index contributed by atoms with van der Waals surface area (Å²) in [5, 5.41) is 22.0. The van der Waals surface area contributed by atoms with Crippen molar-refractivity contribution in [2.45, 2.75) is 37.6 Å². The normalized spacial score (nSPS) is 21.4. The molecule has 0 amide bonds. The molecule has 0 radical (unpaired) electrons. The van der Waals surface area contributed by atoms with E-state index in [1.165, 1.54) is 19.2 Å². The predicted octanol–water partition coefficient (Wildman–Crippen LogP) is 4.94. The lowest BCUT2D eigenvalue weighted by Crippen LogP contribution is -2.33. The molecule has 1 aliphatic rings. The van der Waals surface area contributed by atoms with Crippen LogP contribution in [0.2, 0.25) is 5.02 Å². The Hall–Kier alpha value is -2.25. The van der Waals surface area contributed by atoms with E-state index in [1.807, 2.05) is 30.3 Å². The molecule has 0 spiro atoms. The molecule has 0 aromatic heterocycles. The van der Waals surface area contributed by atoms with Crippen molar-refractivity contribution in [3.8, 4) is 5.75 Å². The minimum atomic E-state index is -0.779. The number of ether oxygens (including phenoxy) is 2. The number of hydrogen-bond donors (Lipinski definition) is 2.